The summed E-state index contributed by atoms with van der Waals surface area (Å²) < 4.78 is 4.50. The first-order valence-electron chi connectivity index (χ1n) is 7.41. The maximum Gasteiger partial charge on any atom is 0.307 e. The van der Waals surface area contributed by atoms with Crippen LogP contribution < -0.4 is 10.6 Å². The summed E-state index contributed by atoms with van der Waals surface area (Å²) in [5.74, 6) is -0.889. The summed E-state index contributed by atoms with van der Waals surface area (Å²) in [5, 5.41) is 5.38. The third kappa shape index (κ3) is 4.95. The molecule has 2 amide bonds. The minimum absolute atomic E-state index is 0.119. The van der Waals surface area contributed by atoms with E-state index in [1.54, 1.807) is 48.5 Å². The molecular weight excluding hydrogens is 308 g/mol. The first kappa shape index (κ1) is 17.2. The van der Waals surface area contributed by atoms with E-state index in [4.69, 9.17) is 0 Å². The number of benzene rings is 2. The highest BCUT2D eigenvalue weighted by Gasteiger charge is 2.08. The van der Waals surface area contributed by atoms with Crippen LogP contribution in [0.15, 0.2) is 54.6 Å². The van der Waals surface area contributed by atoms with Gasteiger partial charge in [0.25, 0.3) is 11.8 Å². The highest BCUT2D eigenvalue weighted by molar-refractivity contribution is 6.04. The minimum Gasteiger partial charge on any atom is -0.469 e. The van der Waals surface area contributed by atoms with Gasteiger partial charge in [0.1, 0.15) is 0 Å². The molecule has 2 rings (SSSR count). The lowest BCUT2D eigenvalue weighted by Gasteiger charge is -2.07. The molecular formula is C18H18N2O4. The van der Waals surface area contributed by atoms with Gasteiger partial charge in [-0.05, 0) is 36.4 Å². The van der Waals surface area contributed by atoms with Crippen LogP contribution in [0.4, 0.5) is 5.69 Å². The van der Waals surface area contributed by atoms with E-state index in [1.165, 1.54) is 7.11 Å². The molecule has 0 aromatic heterocycles. The van der Waals surface area contributed by atoms with Crippen molar-refractivity contribution in [3.63, 3.8) is 0 Å². The molecule has 0 spiro atoms. The summed E-state index contributed by atoms with van der Waals surface area (Å²) >= 11 is 0. The maximum atomic E-state index is 12.0. The molecule has 2 aromatic carbocycles. The van der Waals surface area contributed by atoms with Gasteiger partial charge in [-0.2, -0.15) is 0 Å². The molecule has 2 aromatic rings. The first-order valence-corrected chi connectivity index (χ1v) is 7.41. The summed E-state index contributed by atoms with van der Waals surface area (Å²) in [6.07, 6.45) is 0.119. The molecule has 0 bridgehead atoms. The van der Waals surface area contributed by atoms with Gasteiger partial charge < -0.3 is 15.4 Å². The summed E-state index contributed by atoms with van der Waals surface area (Å²) in [7, 11) is 1.30. The number of hydrogen-bond acceptors (Lipinski definition) is 4. The summed E-state index contributed by atoms with van der Waals surface area (Å²) in [5.41, 5.74) is 1.59. The summed E-state index contributed by atoms with van der Waals surface area (Å²) in [4.78, 5) is 34.9. The van der Waals surface area contributed by atoms with Crippen molar-refractivity contribution in [1.82, 2.24) is 5.32 Å². The van der Waals surface area contributed by atoms with Crippen LogP contribution in [0.3, 0.4) is 0 Å². The number of hydrogen-bond donors (Lipinski definition) is 2. The smallest absolute Gasteiger partial charge is 0.307 e. The fraction of sp³-hybridized carbons (Fsp3) is 0.167. The second kappa shape index (κ2) is 8.47. The third-order valence-corrected chi connectivity index (χ3v) is 3.28. The lowest BCUT2D eigenvalue weighted by atomic mass is 10.1. The predicted octanol–water partition coefficient (Wildman–Crippen LogP) is 2.23. The van der Waals surface area contributed by atoms with Crippen LogP contribution in [-0.4, -0.2) is 31.4 Å². The second-order valence-electron chi connectivity index (χ2n) is 4.98. The average Bonchev–Trinajstić information content (AvgIpc) is 2.62. The molecule has 0 aliphatic heterocycles. The van der Waals surface area contributed by atoms with Crippen LogP contribution in [0.25, 0.3) is 0 Å². The molecule has 0 aliphatic rings. The normalized spacial score (nSPS) is 9.88. The summed E-state index contributed by atoms with van der Waals surface area (Å²) in [6, 6.07) is 15.4. The fourth-order valence-corrected chi connectivity index (χ4v) is 1.98. The topological polar surface area (TPSA) is 84.5 Å². The number of methoxy groups -OCH3 is 1. The molecule has 124 valence electrons. The van der Waals surface area contributed by atoms with Gasteiger partial charge in [-0.15, -0.1) is 0 Å². The Bertz CT molecular complexity index is 712. The number of ether oxygens (including phenoxy) is 1. The van der Waals surface area contributed by atoms with Gasteiger partial charge in [-0.3, -0.25) is 14.4 Å². The van der Waals surface area contributed by atoms with Crippen LogP contribution in [0.5, 0.6) is 0 Å². The zero-order valence-electron chi connectivity index (χ0n) is 13.2. The monoisotopic (exact) mass is 326 g/mol. The highest BCUT2D eigenvalue weighted by atomic mass is 16.5. The molecule has 6 nitrogen and oxygen atoms in total. The number of rotatable bonds is 6. The van der Waals surface area contributed by atoms with E-state index in [9.17, 15) is 14.4 Å². The van der Waals surface area contributed by atoms with Gasteiger partial charge in [0.15, 0.2) is 0 Å². The van der Waals surface area contributed by atoms with Crippen LogP contribution in [-0.2, 0) is 9.53 Å². The summed E-state index contributed by atoms with van der Waals surface area (Å²) in [6.45, 7) is 0.206. The SMILES string of the molecule is COC(=O)CCNC(=O)c1ccc(NC(=O)c2ccccc2)cc1. The lowest BCUT2D eigenvalue weighted by Crippen LogP contribution is -2.26. The number of nitrogens with one attached hydrogen (secondary N) is 2. The number of anilines is 1. The molecule has 0 atom stereocenters. The van der Waals surface area contributed by atoms with Crippen molar-refractivity contribution in [2.45, 2.75) is 6.42 Å². The maximum absolute atomic E-state index is 12.0. The Morgan fingerprint density at radius 1 is 0.875 bits per heavy atom. The van der Waals surface area contributed by atoms with E-state index < -0.39 is 0 Å². The molecule has 0 radical (unpaired) electrons. The molecule has 2 N–H and O–H groups in total. The number of amides is 2. The van der Waals surface area contributed by atoms with Crippen molar-refractivity contribution in [3.8, 4) is 0 Å². The largest absolute Gasteiger partial charge is 0.469 e. The zero-order chi connectivity index (χ0) is 17.4. The van der Waals surface area contributed by atoms with Gasteiger partial charge in [-0.25, -0.2) is 0 Å². The van der Waals surface area contributed by atoms with E-state index in [-0.39, 0.29) is 30.7 Å². The quantitative estimate of drug-likeness (QED) is 0.797. The van der Waals surface area contributed by atoms with Gasteiger partial charge in [0.05, 0.1) is 13.5 Å². The van der Waals surface area contributed by atoms with E-state index in [0.717, 1.165) is 0 Å². The van der Waals surface area contributed by atoms with Gasteiger partial charge in [-0.1, -0.05) is 18.2 Å². The molecule has 24 heavy (non-hydrogen) atoms. The average molecular weight is 326 g/mol. The Morgan fingerprint density at radius 3 is 2.12 bits per heavy atom. The van der Waals surface area contributed by atoms with Crippen LogP contribution in [0, 0.1) is 0 Å². The standard InChI is InChI=1S/C18H18N2O4/c1-24-16(21)11-12-19-17(22)14-7-9-15(10-8-14)20-18(23)13-5-3-2-4-6-13/h2-10H,11-12H2,1H3,(H,19,22)(H,20,23). The molecule has 0 saturated carbocycles. The van der Waals surface area contributed by atoms with Crippen LogP contribution >= 0.6 is 0 Å². The fourth-order valence-electron chi connectivity index (χ4n) is 1.98. The Hall–Kier alpha value is -3.15. The lowest BCUT2D eigenvalue weighted by molar-refractivity contribution is -0.140. The van der Waals surface area contributed by atoms with Crippen molar-refractivity contribution in [3.05, 3.63) is 65.7 Å². The third-order valence-electron chi connectivity index (χ3n) is 3.28. The Balaban J connectivity index is 1.89. The molecule has 0 aliphatic carbocycles. The number of carbonyl (C=O) groups excluding carboxylic acids is 3. The van der Waals surface area contributed by atoms with E-state index >= 15 is 0 Å². The molecule has 0 fully saturated rings. The Labute approximate surface area is 139 Å². The van der Waals surface area contributed by atoms with Crippen molar-refractivity contribution >= 4 is 23.5 Å². The number of esters is 1. The van der Waals surface area contributed by atoms with Crippen molar-refractivity contribution in [1.29, 1.82) is 0 Å². The molecule has 0 heterocycles. The predicted molar refractivity (Wildman–Crippen MR) is 89.8 cm³/mol. The van der Waals surface area contributed by atoms with Crippen LogP contribution in [0.1, 0.15) is 27.1 Å². The Kier molecular flexibility index (Phi) is 6.08. The molecule has 0 unspecified atom stereocenters. The van der Waals surface area contributed by atoms with E-state index in [2.05, 4.69) is 15.4 Å². The van der Waals surface area contributed by atoms with Crippen molar-refractivity contribution < 1.29 is 19.1 Å². The minimum atomic E-state index is -0.380. The van der Waals surface area contributed by atoms with E-state index in [0.29, 0.717) is 16.8 Å². The van der Waals surface area contributed by atoms with E-state index in [1.807, 2.05) is 6.07 Å². The first-order chi connectivity index (χ1) is 11.6. The van der Waals surface area contributed by atoms with Crippen LogP contribution in [0.2, 0.25) is 0 Å². The van der Waals surface area contributed by atoms with Crippen molar-refractivity contribution in [2.75, 3.05) is 19.0 Å². The van der Waals surface area contributed by atoms with Gasteiger partial charge in [0, 0.05) is 23.4 Å². The molecule has 0 saturated heterocycles. The Morgan fingerprint density at radius 2 is 1.50 bits per heavy atom. The van der Waals surface area contributed by atoms with Gasteiger partial charge in [0.2, 0.25) is 0 Å². The second-order valence-corrected chi connectivity index (χ2v) is 4.98. The van der Waals surface area contributed by atoms with Crippen molar-refractivity contribution in [2.24, 2.45) is 0 Å². The van der Waals surface area contributed by atoms with Gasteiger partial charge >= 0.3 is 5.97 Å². The zero-order valence-corrected chi connectivity index (χ0v) is 13.2. The number of carbonyl (C=O) groups is 3. The highest BCUT2D eigenvalue weighted by Crippen LogP contribution is 2.11. The molecule has 6 heteroatoms.